The minimum absolute atomic E-state index is 0.155. The predicted molar refractivity (Wildman–Crippen MR) is 94.7 cm³/mol. The zero-order chi connectivity index (χ0) is 18.0. The van der Waals surface area contributed by atoms with E-state index in [9.17, 15) is 14.0 Å². The lowest BCUT2D eigenvalue weighted by Crippen LogP contribution is -2.27. The van der Waals surface area contributed by atoms with Gasteiger partial charge in [0.15, 0.2) is 0 Å². The summed E-state index contributed by atoms with van der Waals surface area (Å²) in [5, 5.41) is 6.25. The van der Waals surface area contributed by atoms with Crippen LogP contribution in [0.25, 0.3) is 0 Å². The van der Waals surface area contributed by atoms with E-state index >= 15 is 0 Å². The topological polar surface area (TPSA) is 58.2 Å². The van der Waals surface area contributed by atoms with Gasteiger partial charge in [0.2, 0.25) is 11.8 Å². The van der Waals surface area contributed by atoms with Crippen LogP contribution in [-0.4, -0.2) is 11.8 Å². The lowest BCUT2D eigenvalue weighted by atomic mass is 10.2. The first kappa shape index (κ1) is 17.4. The molecule has 2 atom stereocenters. The van der Waals surface area contributed by atoms with Crippen LogP contribution in [0.4, 0.5) is 10.1 Å². The molecular weight excluding hydrogens is 343 g/mol. The zero-order valence-corrected chi connectivity index (χ0v) is 14.4. The molecule has 0 heterocycles. The second-order valence-electron chi connectivity index (χ2n) is 6.24. The molecule has 2 aromatic carbocycles. The molecule has 0 aromatic heterocycles. The van der Waals surface area contributed by atoms with Crippen molar-refractivity contribution >= 4 is 29.1 Å². The summed E-state index contributed by atoms with van der Waals surface area (Å²) in [7, 11) is 0. The van der Waals surface area contributed by atoms with Crippen molar-refractivity contribution in [1.29, 1.82) is 0 Å². The van der Waals surface area contributed by atoms with E-state index in [1.54, 1.807) is 30.3 Å². The fraction of sp³-hybridized carbons (Fsp3) is 0.263. The van der Waals surface area contributed by atoms with Crippen molar-refractivity contribution in [3.8, 4) is 0 Å². The zero-order valence-electron chi connectivity index (χ0n) is 13.7. The number of aryl methyl sites for hydroxylation is 1. The predicted octanol–water partition coefficient (Wildman–Crippen LogP) is 3.68. The highest BCUT2D eigenvalue weighted by molar-refractivity contribution is 6.30. The number of anilines is 1. The van der Waals surface area contributed by atoms with E-state index in [2.05, 4.69) is 10.6 Å². The van der Waals surface area contributed by atoms with Gasteiger partial charge in [-0.1, -0.05) is 23.7 Å². The van der Waals surface area contributed by atoms with E-state index in [4.69, 9.17) is 11.6 Å². The number of amides is 2. The van der Waals surface area contributed by atoms with Crippen LogP contribution in [0, 0.1) is 24.6 Å². The molecule has 0 bridgehead atoms. The molecule has 2 amide bonds. The Kier molecular flexibility index (Phi) is 5.04. The summed E-state index contributed by atoms with van der Waals surface area (Å²) in [5.74, 6) is -1.26. The largest absolute Gasteiger partial charge is 0.352 e. The number of hydrogen-bond acceptors (Lipinski definition) is 2. The van der Waals surface area contributed by atoms with Crippen LogP contribution in [0.2, 0.25) is 5.02 Å². The van der Waals surface area contributed by atoms with Crippen molar-refractivity contribution in [3.05, 3.63) is 64.4 Å². The Hall–Kier alpha value is -2.40. The van der Waals surface area contributed by atoms with Crippen LogP contribution in [0.5, 0.6) is 0 Å². The van der Waals surface area contributed by atoms with E-state index in [1.807, 2.05) is 6.92 Å². The van der Waals surface area contributed by atoms with Gasteiger partial charge in [-0.05, 0) is 54.8 Å². The maximum Gasteiger partial charge on any atom is 0.228 e. The number of benzene rings is 2. The second kappa shape index (κ2) is 7.23. The molecule has 2 aromatic rings. The average Bonchev–Trinajstić information content (AvgIpc) is 3.37. The third kappa shape index (κ3) is 4.37. The number of rotatable bonds is 5. The van der Waals surface area contributed by atoms with Gasteiger partial charge in [0.05, 0.1) is 11.8 Å². The van der Waals surface area contributed by atoms with Gasteiger partial charge < -0.3 is 10.6 Å². The Morgan fingerprint density at radius 3 is 2.48 bits per heavy atom. The molecule has 0 spiro atoms. The third-order valence-electron chi connectivity index (χ3n) is 4.29. The molecule has 1 saturated carbocycles. The van der Waals surface area contributed by atoms with Crippen molar-refractivity contribution in [3.63, 3.8) is 0 Å². The van der Waals surface area contributed by atoms with Crippen molar-refractivity contribution in [2.75, 3.05) is 5.32 Å². The number of carbonyl (C=O) groups is 2. The first-order valence-corrected chi connectivity index (χ1v) is 8.41. The molecule has 6 heteroatoms. The smallest absolute Gasteiger partial charge is 0.228 e. The van der Waals surface area contributed by atoms with E-state index in [0.717, 1.165) is 11.1 Å². The lowest BCUT2D eigenvalue weighted by molar-refractivity contribution is -0.125. The van der Waals surface area contributed by atoms with Crippen LogP contribution in [0.3, 0.4) is 0 Å². The summed E-state index contributed by atoms with van der Waals surface area (Å²) in [6.07, 6.45) is 0.535. The van der Waals surface area contributed by atoms with Crippen molar-refractivity contribution in [1.82, 2.24) is 5.32 Å². The monoisotopic (exact) mass is 360 g/mol. The SMILES string of the molecule is Cc1cc(Cl)ccc1NC(=O)C1CC1C(=O)NCc1ccc(F)cc1. The molecule has 130 valence electrons. The minimum Gasteiger partial charge on any atom is -0.352 e. The number of halogens is 2. The van der Waals surface area contributed by atoms with Gasteiger partial charge in [0.1, 0.15) is 5.82 Å². The van der Waals surface area contributed by atoms with E-state index in [-0.39, 0.29) is 29.5 Å². The molecule has 1 fully saturated rings. The average molecular weight is 361 g/mol. The van der Waals surface area contributed by atoms with Gasteiger partial charge >= 0.3 is 0 Å². The van der Waals surface area contributed by atoms with Crippen LogP contribution in [0.1, 0.15) is 17.5 Å². The highest BCUT2D eigenvalue weighted by atomic mass is 35.5. The highest BCUT2D eigenvalue weighted by Gasteiger charge is 2.47. The maximum atomic E-state index is 12.9. The summed E-state index contributed by atoms with van der Waals surface area (Å²) in [6.45, 7) is 2.18. The van der Waals surface area contributed by atoms with Gasteiger partial charge in [-0.2, -0.15) is 0 Å². The number of carbonyl (C=O) groups excluding carboxylic acids is 2. The maximum absolute atomic E-state index is 12.9. The Bertz CT molecular complexity index is 808. The van der Waals surface area contributed by atoms with Gasteiger partial charge in [0.25, 0.3) is 0 Å². The second-order valence-corrected chi connectivity index (χ2v) is 6.68. The summed E-state index contributed by atoms with van der Waals surface area (Å²) < 4.78 is 12.9. The molecular formula is C19H18ClFN2O2. The quantitative estimate of drug-likeness (QED) is 0.854. The van der Waals surface area contributed by atoms with Crippen LogP contribution >= 0.6 is 11.6 Å². The number of nitrogens with one attached hydrogen (secondary N) is 2. The van der Waals surface area contributed by atoms with Crippen LogP contribution < -0.4 is 10.6 Å². The first-order chi connectivity index (χ1) is 11.9. The fourth-order valence-electron chi connectivity index (χ4n) is 2.69. The van der Waals surface area contributed by atoms with Gasteiger partial charge in [-0.15, -0.1) is 0 Å². The summed E-state index contributed by atoms with van der Waals surface area (Å²) in [5.41, 5.74) is 2.39. The third-order valence-corrected chi connectivity index (χ3v) is 4.53. The molecule has 3 rings (SSSR count). The molecule has 2 N–H and O–H groups in total. The first-order valence-electron chi connectivity index (χ1n) is 8.03. The van der Waals surface area contributed by atoms with Crippen molar-refractivity contribution in [2.24, 2.45) is 11.8 Å². The van der Waals surface area contributed by atoms with Gasteiger partial charge in [0, 0.05) is 17.3 Å². The van der Waals surface area contributed by atoms with Crippen molar-refractivity contribution in [2.45, 2.75) is 19.9 Å². The number of hydrogen-bond donors (Lipinski definition) is 2. The van der Waals surface area contributed by atoms with E-state index < -0.39 is 0 Å². The Labute approximate surface area is 150 Å². The fourth-order valence-corrected chi connectivity index (χ4v) is 2.92. The molecule has 1 aliphatic rings. The van der Waals surface area contributed by atoms with Gasteiger partial charge in [-0.3, -0.25) is 9.59 Å². The summed E-state index contributed by atoms with van der Waals surface area (Å²) in [4.78, 5) is 24.4. The van der Waals surface area contributed by atoms with Crippen LogP contribution in [0.15, 0.2) is 42.5 Å². The van der Waals surface area contributed by atoms with Crippen LogP contribution in [-0.2, 0) is 16.1 Å². The summed E-state index contributed by atoms with van der Waals surface area (Å²) >= 11 is 5.90. The molecule has 25 heavy (non-hydrogen) atoms. The molecule has 0 radical (unpaired) electrons. The molecule has 0 saturated heterocycles. The van der Waals surface area contributed by atoms with Crippen molar-refractivity contribution < 1.29 is 14.0 Å². The lowest BCUT2D eigenvalue weighted by Gasteiger charge is -2.09. The molecule has 1 aliphatic carbocycles. The molecule has 0 aliphatic heterocycles. The standard InChI is InChI=1S/C19H18ClFN2O2/c1-11-8-13(20)4-7-17(11)23-19(25)16-9-15(16)18(24)22-10-12-2-5-14(21)6-3-12/h2-8,15-16H,9-10H2,1H3,(H,22,24)(H,23,25). The Balaban J connectivity index is 1.50. The van der Waals surface area contributed by atoms with Gasteiger partial charge in [-0.25, -0.2) is 4.39 Å². The minimum atomic E-state index is -0.316. The van der Waals surface area contributed by atoms with E-state index in [0.29, 0.717) is 23.7 Å². The normalized spacial score (nSPS) is 18.5. The molecule has 4 nitrogen and oxygen atoms in total. The summed E-state index contributed by atoms with van der Waals surface area (Å²) in [6, 6.07) is 11.2. The Morgan fingerprint density at radius 2 is 1.80 bits per heavy atom. The Morgan fingerprint density at radius 1 is 1.12 bits per heavy atom. The van der Waals surface area contributed by atoms with E-state index in [1.165, 1.54) is 12.1 Å². The molecule has 2 unspecified atom stereocenters. The highest BCUT2D eigenvalue weighted by Crippen LogP contribution is 2.39.